The second-order valence-electron chi connectivity index (χ2n) is 5.01. The highest BCUT2D eigenvalue weighted by Gasteiger charge is 2.05. The van der Waals surface area contributed by atoms with E-state index in [2.05, 4.69) is 15.5 Å². The lowest BCUT2D eigenvalue weighted by Crippen LogP contribution is -1.99. The second kappa shape index (κ2) is 6.39. The van der Waals surface area contributed by atoms with E-state index in [1.54, 1.807) is 24.4 Å². The fourth-order valence-corrected chi connectivity index (χ4v) is 2.29. The molecule has 0 aliphatic carbocycles. The number of ether oxygens (including phenoxy) is 1. The van der Waals surface area contributed by atoms with Gasteiger partial charge in [0, 0.05) is 7.05 Å². The molecule has 0 fully saturated rings. The van der Waals surface area contributed by atoms with E-state index in [9.17, 15) is 5.11 Å². The number of anilines is 1. The maximum absolute atomic E-state index is 9.69. The SMILES string of the molecule is CCOc1cc(/C=N\Nc2nc3ccccc3n2C)ccc1O. The van der Waals surface area contributed by atoms with E-state index in [0.29, 0.717) is 18.3 Å². The lowest BCUT2D eigenvalue weighted by atomic mass is 10.2. The third-order valence-corrected chi connectivity index (χ3v) is 3.45. The normalized spacial score (nSPS) is 11.2. The number of aromatic nitrogens is 2. The molecule has 3 aromatic rings. The lowest BCUT2D eigenvalue weighted by Gasteiger charge is -2.06. The molecule has 6 nitrogen and oxygen atoms in total. The van der Waals surface area contributed by atoms with Gasteiger partial charge >= 0.3 is 0 Å². The van der Waals surface area contributed by atoms with Crippen molar-refractivity contribution in [1.29, 1.82) is 0 Å². The van der Waals surface area contributed by atoms with Gasteiger partial charge in [-0.25, -0.2) is 10.4 Å². The number of hydrogen-bond acceptors (Lipinski definition) is 5. The largest absolute Gasteiger partial charge is 0.504 e. The van der Waals surface area contributed by atoms with Crippen molar-refractivity contribution in [3.8, 4) is 11.5 Å². The van der Waals surface area contributed by atoms with Crippen molar-refractivity contribution in [2.45, 2.75) is 6.92 Å². The molecule has 0 radical (unpaired) electrons. The van der Waals surface area contributed by atoms with Gasteiger partial charge in [-0.3, -0.25) is 0 Å². The molecule has 2 N–H and O–H groups in total. The molecule has 1 heterocycles. The van der Waals surface area contributed by atoms with Crippen LogP contribution in [0, 0.1) is 0 Å². The Morgan fingerprint density at radius 1 is 1.30 bits per heavy atom. The molecule has 0 saturated carbocycles. The van der Waals surface area contributed by atoms with Crippen LogP contribution in [0.2, 0.25) is 0 Å². The Hall–Kier alpha value is -3.02. The minimum Gasteiger partial charge on any atom is -0.504 e. The minimum atomic E-state index is 0.118. The number of aryl methyl sites for hydroxylation is 1. The summed E-state index contributed by atoms with van der Waals surface area (Å²) >= 11 is 0. The number of hydrazone groups is 1. The summed E-state index contributed by atoms with van der Waals surface area (Å²) in [6, 6.07) is 13.0. The maximum atomic E-state index is 9.69. The third kappa shape index (κ3) is 3.11. The summed E-state index contributed by atoms with van der Waals surface area (Å²) in [6.45, 7) is 2.36. The van der Waals surface area contributed by atoms with Crippen LogP contribution in [0.25, 0.3) is 11.0 Å². The Morgan fingerprint density at radius 2 is 2.13 bits per heavy atom. The summed E-state index contributed by atoms with van der Waals surface area (Å²) in [4.78, 5) is 4.48. The van der Waals surface area contributed by atoms with Gasteiger partial charge in [0.2, 0.25) is 5.95 Å². The van der Waals surface area contributed by atoms with Crippen LogP contribution >= 0.6 is 0 Å². The van der Waals surface area contributed by atoms with Crippen LogP contribution in [-0.2, 0) is 7.05 Å². The van der Waals surface area contributed by atoms with Gasteiger partial charge in [0.25, 0.3) is 0 Å². The number of benzene rings is 2. The Bertz CT molecular complexity index is 855. The molecule has 0 aliphatic heterocycles. The van der Waals surface area contributed by atoms with Crippen molar-refractivity contribution in [1.82, 2.24) is 9.55 Å². The van der Waals surface area contributed by atoms with Crippen LogP contribution in [0.3, 0.4) is 0 Å². The zero-order valence-corrected chi connectivity index (χ0v) is 13.0. The molecule has 0 amide bonds. The van der Waals surface area contributed by atoms with Gasteiger partial charge in [0.1, 0.15) is 0 Å². The van der Waals surface area contributed by atoms with Crippen molar-refractivity contribution < 1.29 is 9.84 Å². The first kappa shape index (κ1) is 14.9. The summed E-state index contributed by atoms with van der Waals surface area (Å²) in [6.07, 6.45) is 1.65. The number of para-hydroxylation sites is 2. The smallest absolute Gasteiger partial charge is 0.224 e. The zero-order chi connectivity index (χ0) is 16.2. The topological polar surface area (TPSA) is 71.7 Å². The zero-order valence-electron chi connectivity index (χ0n) is 13.0. The molecule has 0 aliphatic rings. The van der Waals surface area contributed by atoms with Crippen LogP contribution in [0.15, 0.2) is 47.6 Å². The highest BCUT2D eigenvalue weighted by atomic mass is 16.5. The number of phenols is 1. The Balaban J connectivity index is 1.78. The van der Waals surface area contributed by atoms with Gasteiger partial charge in [-0.05, 0) is 42.8 Å². The number of nitrogens with zero attached hydrogens (tertiary/aromatic N) is 3. The van der Waals surface area contributed by atoms with Gasteiger partial charge in [0.15, 0.2) is 11.5 Å². The van der Waals surface area contributed by atoms with Gasteiger partial charge in [0.05, 0.1) is 23.9 Å². The number of nitrogens with one attached hydrogen (secondary N) is 1. The van der Waals surface area contributed by atoms with E-state index in [-0.39, 0.29) is 5.75 Å². The predicted molar refractivity (Wildman–Crippen MR) is 91.2 cm³/mol. The number of phenolic OH excluding ortho intramolecular Hbond substituents is 1. The van der Waals surface area contributed by atoms with Crippen molar-refractivity contribution in [2.24, 2.45) is 12.1 Å². The minimum absolute atomic E-state index is 0.118. The molecular weight excluding hydrogens is 292 g/mol. The molecule has 2 aromatic carbocycles. The molecule has 0 bridgehead atoms. The molecule has 0 spiro atoms. The Labute approximate surface area is 134 Å². The number of hydrogen-bond donors (Lipinski definition) is 2. The van der Waals surface area contributed by atoms with Crippen LogP contribution in [-0.4, -0.2) is 27.5 Å². The van der Waals surface area contributed by atoms with Crippen molar-refractivity contribution in [3.63, 3.8) is 0 Å². The van der Waals surface area contributed by atoms with E-state index >= 15 is 0 Å². The molecule has 3 rings (SSSR count). The molecule has 118 valence electrons. The monoisotopic (exact) mass is 310 g/mol. The average Bonchev–Trinajstić information content (AvgIpc) is 2.87. The Kier molecular flexibility index (Phi) is 4.14. The summed E-state index contributed by atoms with van der Waals surface area (Å²) in [5.74, 6) is 1.22. The van der Waals surface area contributed by atoms with E-state index in [0.717, 1.165) is 16.6 Å². The van der Waals surface area contributed by atoms with E-state index < -0.39 is 0 Å². The fraction of sp³-hybridized carbons (Fsp3) is 0.176. The van der Waals surface area contributed by atoms with Crippen molar-refractivity contribution >= 4 is 23.2 Å². The lowest BCUT2D eigenvalue weighted by molar-refractivity contribution is 0.318. The van der Waals surface area contributed by atoms with Gasteiger partial charge in [-0.2, -0.15) is 5.10 Å². The Morgan fingerprint density at radius 3 is 2.91 bits per heavy atom. The number of imidazole rings is 1. The summed E-state index contributed by atoms with van der Waals surface area (Å²) in [5.41, 5.74) is 5.70. The van der Waals surface area contributed by atoms with Crippen LogP contribution < -0.4 is 10.2 Å². The van der Waals surface area contributed by atoms with Crippen LogP contribution in [0.1, 0.15) is 12.5 Å². The van der Waals surface area contributed by atoms with E-state index in [1.165, 1.54) is 0 Å². The summed E-state index contributed by atoms with van der Waals surface area (Å²) in [7, 11) is 1.93. The van der Waals surface area contributed by atoms with Crippen LogP contribution in [0.4, 0.5) is 5.95 Å². The standard InChI is InChI=1S/C17H18N4O2/c1-3-23-16-10-12(8-9-15(16)22)11-18-20-17-19-13-6-4-5-7-14(13)21(17)2/h4-11,22H,3H2,1-2H3,(H,19,20)/b18-11-. The second-order valence-corrected chi connectivity index (χ2v) is 5.01. The first-order valence-corrected chi connectivity index (χ1v) is 7.35. The number of fused-ring (bicyclic) bond motifs is 1. The number of rotatable bonds is 5. The van der Waals surface area contributed by atoms with Gasteiger partial charge < -0.3 is 14.4 Å². The molecule has 1 aromatic heterocycles. The van der Waals surface area contributed by atoms with Crippen LogP contribution in [0.5, 0.6) is 11.5 Å². The predicted octanol–water partition coefficient (Wildman–Crippen LogP) is 3.12. The highest BCUT2D eigenvalue weighted by molar-refractivity contribution is 5.82. The fourth-order valence-electron chi connectivity index (χ4n) is 2.29. The molecule has 6 heteroatoms. The average molecular weight is 310 g/mol. The van der Waals surface area contributed by atoms with E-state index in [4.69, 9.17) is 4.74 Å². The first-order chi connectivity index (χ1) is 11.2. The number of aromatic hydroxyl groups is 1. The van der Waals surface area contributed by atoms with Crippen molar-refractivity contribution in [3.05, 3.63) is 48.0 Å². The van der Waals surface area contributed by atoms with Gasteiger partial charge in [-0.15, -0.1) is 0 Å². The maximum Gasteiger partial charge on any atom is 0.224 e. The van der Waals surface area contributed by atoms with E-state index in [1.807, 2.05) is 42.8 Å². The third-order valence-electron chi connectivity index (χ3n) is 3.45. The van der Waals surface area contributed by atoms with Gasteiger partial charge in [-0.1, -0.05) is 12.1 Å². The first-order valence-electron chi connectivity index (χ1n) is 7.35. The molecule has 0 saturated heterocycles. The quantitative estimate of drug-likeness (QED) is 0.561. The molecule has 0 atom stereocenters. The summed E-state index contributed by atoms with van der Waals surface area (Å²) < 4.78 is 7.29. The molecule has 0 unspecified atom stereocenters. The summed E-state index contributed by atoms with van der Waals surface area (Å²) in [5, 5.41) is 13.9. The molecular formula is C17H18N4O2. The van der Waals surface area contributed by atoms with Crippen molar-refractivity contribution in [2.75, 3.05) is 12.0 Å². The molecule has 23 heavy (non-hydrogen) atoms. The highest BCUT2D eigenvalue weighted by Crippen LogP contribution is 2.26.